The predicted molar refractivity (Wildman–Crippen MR) is 71.6 cm³/mol. The molecule has 0 saturated heterocycles. The molecule has 2 aromatic carbocycles. The fourth-order valence-corrected chi connectivity index (χ4v) is 2.44. The Bertz CT molecular complexity index is 579. The highest BCUT2D eigenvalue weighted by atomic mass is 35.5. The second-order valence-electron chi connectivity index (χ2n) is 4.38. The number of benzene rings is 2. The summed E-state index contributed by atoms with van der Waals surface area (Å²) in [6, 6.07) is 12.1. The molecule has 3 heteroatoms. The van der Waals surface area contributed by atoms with Crippen LogP contribution in [0.2, 0.25) is 0 Å². The number of carbonyl (C=O) groups excluding carboxylic acids is 1. The van der Waals surface area contributed by atoms with Gasteiger partial charge in [-0.15, -0.1) is 12.4 Å². The van der Waals surface area contributed by atoms with Gasteiger partial charge in [0, 0.05) is 6.42 Å². The average molecular weight is 248 g/mol. The van der Waals surface area contributed by atoms with Crippen LogP contribution in [-0.4, -0.2) is 11.8 Å². The van der Waals surface area contributed by atoms with Gasteiger partial charge in [0.1, 0.15) is 0 Å². The van der Waals surface area contributed by atoms with E-state index in [1.54, 1.807) is 0 Å². The van der Waals surface area contributed by atoms with Gasteiger partial charge < -0.3 is 5.73 Å². The summed E-state index contributed by atoms with van der Waals surface area (Å²) in [5.74, 6) is 0.156. The third kappa shape index (κ3) is 1.94. The minimum Gasteiger partial charge on any atom is -0.321 e. The van der Waals surface area contributed by atoms with Crippen LogP contribution in [0.3, 0.4) is 0 Å². The van der Waals surface area contributed by atoms with E-state index >= 15 is 0 Å². The van der Waals surface area contributed by atoms with Gasteiger partial charge in [0.15, 0.2) is 5.78 Å². The summed E-state index contributed by atoms with van der Waals surface area (Å²) in [6.45, 7) is 0. The number of rotatable bonds is 0. The van der Waals surface area contributed by atoms with Crippen molar-refractivity contribution in [3.63, 3.8) is 0 Å². The van der Waals surface area contributed by atoms with Crippen LogP contribution in [-0.2, 0) is 17.6 Å². The van der Waals surface area contributed by atoms with Crippen LogP contribution in [0.4, 0.5) is 0 Å². The average Bonchev–Trinajstić information content (AvgIpc) is 2.31. The molecule has 1 aliphatic rings. The number of hydrogen-bond acceptors (Lipinski definition) is 2. The Morgan fingerprint density at radius 3 is 2.71 bits per heavy atom. The molecule has 1 unspecified atom stereocenters. The van der Waals surface area contributed by atoms with Gasteiger partial charge >= 0.3 is 0 Å². The molecule has 0 heterocycles. The Morgan fingerprint density at radius 2 is 1.88 bits per heavy atom. The van der Waals surface area contributed by atoms with Crippen LogP contribution in [0.25, 0.3) is 10.8 Å². The molecule has 0 fully saturated rings. The lowest BCUT2D eigenvalue weighted by molar-refractivity contribution is -0.120. The Kier molecular flexibility index (Phi) is 3.18. The highest BCUT2D eigenvalue weighted by Gasteiger charge is 2.24. The fourth-order valence-electron chi connectivity index (χ4n) is 2.44. The number of Topliss-reactive ketones (excluding diaryl/α,β-unsaturated/α-hetero) is 1. The Hall–Kier alpha value is -1.38. The Morgan fingerprint density at radius 1 is 1.12 bits per heavy atom. The van der Waals surface area contributed by atoms with Gasteiger partial charge in [-0.1, -0.05) is 36.4 Å². The lowest BCUT2D eigenvalue weighted by Gasteiger charge is -2.21. The van der Waals surface area contributed by atoms with Crippen molar-refractivity contribution in [3.05, 3.63) is 47.5 Å². The van der Waals surface area contributed by atoms with Crippen molar-refractivity contribution in [1.82, 2.24) is 0 Å². The van der Waals surface area contributed by atoms with Gasteiger partial charge in [-0.05, 0) is 28.3 Å². The first-order valence-electron chi connectivity index (χ1n) is 5.53. The summed E-state index contributed by atoms with van der Waals surface area (Å²) < 4.78 is 0. The van der Waals surface area contributed by atoms with E-state index in [1.807, 2.05) is 12.1 Å². The molecule has 0 amide bonds. The SMILES string of the molecule is Cl.NC1Cc2ccc3ccccc3c2CC1=O. The third-order valence-electron chi connectivity index (χ3n) is 3.34. The van der Waals surface area contributed by atoms with Crippen molar-refractivity contribution in [3.8, 4) is 0 Å². The minimum absolute atomic E-state index is 0. The van der Waals surface area contributed by atoms with E-state index in [0.717, 1.165) is 0 Å². The molecule has 2 nitrogen and oxygen atoms in total. The highest BCUT2D eigenvalue weighted by Crippen LogP contribution is 2.27. The van der Waals surface area contributed by atoms with Crippen LogP contribution in [0.5, 0.6) is 0 Å². The number of hydrogen-bond donors (Lipinski definition) is 1. The van der Waals surface area contributed by atoms with Gasteiger partial charge in [0.2, 0.25) is 0 Å². The van der Waals surface area contributed by atoms with Crippen LogP contribution in [0.1, 0.15) is 11.1 Å². The van der Waals surface area contributed by atoms with E-state index in [0.29, 0.717) is 12.8 Å². The van der Waals surface area contributed by atoms with Gasteiger partial charge in [-0.3, -0.25) is 4.79 Å². The first-order valence-corrected chi connectivity index (χ1v) is 5.53. The summed E-state index contributed by atoms with van der Waals surface area (Å²) in [6.07, 6.45) is 1.16. The maximum absolute atomic E-state index is 11.7. The van der Waals surface area contributed by atoms with Crippen LogP contribution >= 0.6 is 12.4 Å². The lowest BCUT2D eigenvalue weighted by Crippen LogP contribution is -2.37. The highest BCUT2D eigenvalue weighted by molar-refractivity contribution is 5.95. The maximum atomic E-state index is 11.7. The van der Waals surface area contributed by atoms with Crippen LogP contribution in [0.15, 0.2) is 36.4 Å². The molecule has 0 aromatic heterocycles. The third-order valence-corrected chi connectivity index (χ3v) is 3.34. The number of ketones is 1. The standard InChI is InChI=1S/C14H13NO.ClH/c15-13-7-10-6-5-9-3-1-2-4-11(9)12(10)8-14(13)16;/h1-6,13H,7-8,15H2;1H. The zero-order valence-electron chi connectivity index (χ0n) is 9.35. The zero-order valence-corrected chi connectivity index (χ0v) is 10.2. The van der Waals surface area contributed by atoms with E-state index < -0.39 is 0 Å². The minimum atomic E-state index is -0.311. The number of halogens is 1. The molecule has 0 bridgehead atoms. The number of carbonyl (C=O) groups is 1. The van der Waals surface area contributed by atoms with E-state index in [4.69, 9.17) is 5.73 Å². The normalized spacial score (nSPS) is 18.6. The molecule has 0 aliphatic heterocycles. The van der Waals surface area contributed by atoms with Crippen molar-refractivity contribution in [2.75, 3.05) is 0 Å². The predicted octanol–water partition coefficient (Wildman–Crippen LogP) is 2.26. The van der Waals surface area contributed by atoms with Crippen LogP contribution < -0.4 is 5.73 Å². The van der Waals surface area contributed by atoms with E-state index in [9.17, 15) is 4.79 Å². The smallest absolute Gasteiger partial charge is 0.154 e. The molecule has 1 atom stereocenters. The quantitative estimate of drug-likeness (QED) is 0.776. The molecule has 3 rings (SSSR count). The second kappa shape index (κ2) is 4.47. The molecule has 0 spiro atoms. The van der Waals surface area contributed by atoms with E-state index in [-0.39, 0.29) is 24.2 Å². The molecule has 2 N–H and O–H groups in total. The Balaban J connectivity index is 0.00000108. The molecule has 0 radical (unpaired) electrons. The molecule has 0 saturated carbocycles. The summed E-state index contributed by atoms with van der Waals surface area (Å²) in [7, 11) is 0. The van der Waals surface area contributed by atoms with Crippen molar-refractivity contribution < 1.29 is 4.79 Å². The summed E-state index contributed by atoms with van der Waals surface area (Å²) in [4.78, 5) is 11.7. The molecule has 1 aliphatic carbocycles. The Labute approximate surface area is 106 Å². The maximum Gasteiger partial charge on any atom is 0.154 e. The van der Waals surface area contributed by atoms with Gasteiger partial charge in [-0.2, -0.15) is 0 Å². The first-order chi connectivity index (χ1) is 7.75. The largest absolute Gasteiger partial charge is 0.321 e. The van der Waals surface area contributed by atoms with Gasteiger partial charge in [-0.25, -0.2) is 0 Å². The number of nitrogens with two attached hydrogens (primary N) is 1. The van der Waals surface area contributed by atoms with Crippen molar-refractivity contribution in [1.29, 1.82) is 0 Å². The van der Waals surface area contributed by atoms with E-state index in [2.05, 4.69) is 24.3 Å². The van der Waals surface area contributed by atoms with E-state index in [1.165, 1.54) is 21.9 Å². The monoisotopic (exact) mass is 247 g/mol. The fraction of sp³-hybridized carbons (Fsp3) is 0.214. The van der Waals surface area contributed by atoms with Crippen molar-refractivity contribution >= 4 is 29.0 Å². The van der Waals surface area contributed by atoms with Crippen molar-refractivity contribution in [2.24, 2.45) is 5.73 Å². The summed E-state index contributed by atoms with van der Waals surface area (Å²) in [5.41, 5.74) is 8.19. The lowest BCUT2D eigenvalue weighted by atomic mass is 9.85. The van der Waals surface area contributed by atoms with Gasteiger partial charge in [0.05, 0.1) is 6.04 Å². The number of fused-ring (bicyclic) bond motifs is 3. The molecule has 2 aromatic rings. The summed E-state index contributed by atoms with van der Waals surface area (Å²) in [5, 5.41) is 2.39. The topological polar surface area (TPSA) is 43.1 Å². The zero-order chi connectivity index (χ0) is 11.1. The molecular formula is C14H14ClNO. The molecule has 88 valence electrons. The van der Waals surface area contributed by atoms with Crippen LogP contribution in [0, 0.1) is 0 Å². The molecular weight excluding hydrogens is 234 g/mol. The van der Waals surface area contributed by atoms with Gasteiger partial charge in [0.25, 0.3) is 0 Å². The first kappa shape index (κ1) is 12.1. The van der Waals surface area contributed by atoms with Crippen molar-refractivity contribution in [2.45, 2.75) is 18.9 Å². The summed E-state index contributed by atoms with van der Waals surface area (Å²) >= 11 is 0. The second-order valence-corrected chi connectivity index (χ2v) is 4.38. The molecule has 17 heavy (non-hydrogen) atoms.